The first-order valence-electron chi connectivity index (χ1n) is 6.48. The standard InChI is InChI=1S/C14H15BrN2O4S2/c1-10-9-13(7-8-14(10)15)23(20,21)17-11-3-5-12(6-4-11)22(18,19)16-2/h3-9,16-17H,1-2H3. The van der Waals surface area contributed by atoms with Crippen molar-refractivity contribution in [1.29, 1.82) is 0 Å². The number of aryl methyl sites for hydroxylation is 1. The molecule has 0 aromatic heterocycles. The average Bonchev–Trinajstić information content (AvgIpc) is 2.50. The van der Waals surface area contributed by atoms with E-state index in [1.165, 1.54) is 37.4 Å². The first-order chi connectivity index (χ1) is 10.7. The normalized spacial score (nSPS) is 12.1. The Morgan fingerprint density at radius 1 is 0.870 bits per heavy atom. The quantitative estimate of drug-likeness (QED) is 0.779. The summed E-state index contributed by atoms with van der Waals surface area (Å²) in [6.45, 7) is 1.79. The molecule has 0 atom stereocenters. The molecule has 0 aliphatic rings. The van der Waals surface area contributed by atoms with Crippen molar-refractivity contribution in [2.24, 2.45) is 0 Å². The molecule has 124 valence electrons. The van der Waals surface area contributed by atoms with E-state index in [1.54, 1.807) is 19.1 Å². The summed E-state index contributed by atoms with van der Waals surface area (Å²) in [5.74, 6) is 0. The van der Waals surface area contributed by atoms with Gasteiger partial charge in [0.05, 0.1) is 9.79 Å². The fourth-order valence-electron chi connectivity index (χ4n) is 1.82. The summed E-state index contributed by atoms with van der Waals surface area (Å²) in [5.41, 5.74) is 1.07. The summed E-state index contributed by atoms with van der Waals surface area (Å²) in [6.07, 6.45) is 0. The van der Waals surface area contributed by atoms with E-state index >= 15 is 0 Å². The van der Waals surface area contributed by atoms with Crippen LogP contribution in [0.2, 0.25) is 0 Å². The molecule has 6 nitrogen and oxygen atoms in total. The third kappa shape index (κ3) is 4.11. The molecule has 2 aromatic carbocycles. The van der Waals surface area contributed by atoms with Gasteiger partial charge < -0.3 is 0 Å². The second kappa shape index (κ2) is 6.60. The van der Waals surface area contributed by atoms with Gasteiger partial charge in [-0.3, -0.25) is 4.72 Å². The monoisotopic (exact) mass is 418 g/mol. The fraction of sp³-hybridized carbons (Fsp3) is 0.143. The Morgan fingerprint density at radius 2 is 1.43 bits per heavy atom. The number of halogens is 1. The number of hydrogen-bond acceptors (Lipinski definition) is 4. The van der Waals surface area contributed by atoms with Crippen LogP contribution in [0.25, 0.3) is 0 Å². The number of rotatable bonds is 5. The van der Waals surface area contributed by atoms with Crippen molar-refractivity contribution in [1.82, 2.24) is 4.72 Å². The minimum Gasteiger partial charge on any atom is -0.280 e. The van der Waals surface area contributed by atoms with Crippen LogP contribution in [0.5, 0.6) is 0 Å². The molecular weight excluding hydrogens is 404 g/mol. The molecule has 0 fully saturated rings. The number of hydrogen-bond donors (Lipinski definition) is 2. The van der Waals surface area contributed by atoms with Crippen molar-refractivity contribution in [3.8, 4) is 0 Å². The van der Waals surface area contributed by atoms with Gasteiger partial charge in [-0.15, -0.1) is 0 Å². The largest absolute Gasteiger partial charge is 0.280 e. The first-order valence-corrected chi connectivity index (χ1v) is 10.2. The van der Waals surface area contributed by atoms with Crippen LogP contribution in [0.1, 0.15) is 5.56 Å². The molecule has 0 saturated carbocycles. The number of sulfonamides is 2. The van der Waals surface area contributed by atoms with E-state index in [4.69, 9.17) is 0 Å². The summed E-state index contributed by atoms with van der Waals surface area (Å²) in [7, 11) is -5.99. The van der Waals surface area contributed by atoms with E-state index in [-0.39, 0.29) is 15.5 Å². The molecule has 0 aliphatic carbocycles. The Hall–Kier alpha value is -1.42. The van der Waals surface area contributed by atoms with Gasteiger partial charge >= 0.3 is 0 Å². The van der Waals surface area contributed by atoms with Gasteiger partial charge in [-0.05, 0) is 62.0 Å². The van der Waals surface area contributed by atoms with Gasteiger partial charge in [0.25, 0.3) is 10.0 Å². The topological polar surface area (TPSA) is 92.3 Å². The van der Waals surface area contributed by atoms with E-state index < -0.39 is 20.0 Å². The average molecular weight is 419 g/mol. The highest BCUT2D eigenvalue weighted by molar-refractivity contribution is 9.10. The van der Waals surface area contributed by atoms with Crippen LogP contribution in [-0.2, 0) is 20.0 Å². The lowest BCUT2D eigenvalue weighted by atomic mass is 10.2. The Morgan fingerprint density at radius 3 is 1.96 bits per heavy atom. The SMILES string of the molecule is CNS(=O)(=O)c1ccc(NS(=O)(=O)c2ccc(Br)c(C)c2)cc1. The second-order valence-electron chi connectivity index (χ2n) is 4.75. The van der Waals surface area contributed by atoms with Crippen LogP contribution in [0.3, 0.4) is 0 Å². The van der Waals surface area contributed by atoms with Crippen LogP contribution >= 0.6 is 15.9 Å². The number of anilines is 1. The van der Waals surface area contributed by atoms with E-state index in [2.05, 4.69) is 25.4 Å². The van der Waals surface area contributed by atoms with Crippen molar-refractivity contribution in [3.63, 3.8) is 0 Å². The van der Waals surface area contributed by atoms with Crippen LogP contribution in [-0.4, -0.2) is 23.9 Å². The Balaban J connectivity index is 2.29. The summed E-state index contributed by atoms with van der Waals surface area (Å²) in [6, 6.07) is 10.1. The highest BCUT2D eigenvalue weighted by atomic mass is 79.9. The molecule has 0 amide bonds. The highest BCUT2D eigenvalue weighted by Crippen LogP contribution is 2.22. The zero-order valence-electron chi connectivity index (χ0n) is 12.4. The van der Waals surface area contributed by atoms with Crippen molar-refractivity contribution in [2.45, 2.75) is 16.7 Å². The van der Waals surface area contributed by atoms with Gasteiger partial charge in [-0.25, -0.2) is 21.6 Å². The molecule has 0 heterocycles. The summed E-state index contributed by atoms with van der Waals surface area (Å²) >= 11 is 3.32. The van der Waals surface area contributed by atoms with Gasteiger partial charge in [-0.2, -0.15) is 0 Å². The lowest BCUT2D eigenvalue weighted by Gasteiger charge is -2.10. The molecule has 0 saturated heterocycles. The third-order valence-corrected chi connectivity index (χ3v) is 6.82. The molecule has 2 rings (SSSR count). The van der Waals surface area contributed by atoms with E-state index in [0.29, 0.717) is 0 Å². The predicted molar refractivity (Wildman–Crippen MR) is 92.4 cm³/mol. The van der Waals surface area contributed by atoms with E-state index in [9.17, 15) is 16.8 Å². The third-order valence-electron chi connectivity index (χ3n) is 3.13. The van der Waals surface area contributed by atoms with Gasteiger partial charge in [0.2, 0.25) is 10.0 Å². The summed E-state index contributed by atoms with van der Waals surface area (Å²) in [4.78, 5) is 0.188. The van der Waals surface area contributed by atoms with Crippen LogP contribution in [0.4, 0.5) is 5.69 Å². The Kier molecular flexibility index (Phi) is 5.14. The van der Waals surface area contributed by atoms with Crippen LogP contribution in [0.15, 0.2) is 56.7 Å². The lowest BCUT2D eigenvalue weighted by Crippen LogP contribution is -2.18. The molecule has 0 aliphatic heterocycles. The molecule has 2 aromatic rings. The summed E-state index contributed by atoms with van der Waals surface area (Å²) in [5, 5.41) is 0. The van der Waals surface area contributed by atoms with E-state index in [0.717, 1.165) is 10.0 Å². The Labute approximate surface area is 144 Å². The maximum atomic E-state index is 12.3. The van der Waals surface area contributed by atoms with Crippen LogP contribution < -0.4 is 9.44 Å². The van der Waals surface area contributed by atoms with E-state index in [1.807, 2.05) is 0 Å². The molecular formula is C14H15BrN2O4S2. The molecule has 0 radical (unpaired) electrons. The minimum absolute atomic E-state index is 0.0578. The van der Waals surface area contributed by atoms with Crippen LogP contribution in [0, 0.1) is 6.92 Å². The van der Waals surface area contributed by atoms with Crippen molar-refractivity contribution >= 4 is 41.7 Å². The smallest absolute Gasteiger partial charge is 0.261 e. The molecule has 2 N–H and O–H groups in total. The molecule has 9 heteroatoms. The first kappa shape index (κ1) is 17.9. The predicted octanol–water partition coefficient (Wildman–Crippen LogP) is 2.47. The number of nitrogens with one attached hydrogen (secondary N) is 2. The van der Waals surface area contributed by atoms with Crippen molar-refractivity contribution in [2.75, 3.05) is 11.8 Å². The van der Waals surface area contributed by atoms with Crippen molar-refractivity contribution in [3.05, 3.63) is 52.5 Å². The molecule has 0 spiro atoms. The van der Waals surface area contributed by atoms with Crippen molar-refractivity contribution < 1.29 is 16.8 Å². The second-order valence-corrected chi connectivity index (χ2v) is 9.17. The number of benzene rings is 2. The highest BCUT2D eigenvalue weighted by Gasteiger charge is 2.16. The molecule has 0 bridgehead atoms. The maximum Gasteiger partial charge on any atom is 0.261 e. The zero-order valence-corrected chi connectivity index (χ0v) is 15.6. The zero-order chi connectivity index (χ0) is 17.3. The van der Waals surface area contributed by atoms with Gasteiger partial charge in [0, 0.05) is 10.2 Å². The van der Waals surface area contributed by atoms with Gasteiger partial charge in [0.1, 0.15) is 0 Å². The lowest BCUT2D eigenvalue weighted by molar-refractivity contribution is 0.588. The molecule has 0 unspecified atom stereocenters. The minimum atomic E-state index is -3.74. The maximum absolute atomic E-state index is 12.3. The van der Waals surface area contributed by atoms with Gasteiger partial charge in [-0.1, -0.05) is 15.9 Å². The molecule has 23 heavy (non-hydrogen) atoms. The Bertz CT molecular complexity index is 924. The fourth-order valence-corrected chi connectivity index (χ4v) is 3.94. The summed E-state index contributed by atoms with van der Waals surface area (Å²) < 4.78 is 53.4. The van der Waals surface area contributed by atoms with Gasteiger partial charge in [0.15, 0.2) is 0 Å².